The molecule has 0 aromatic heterocycles. The standard InChI is InChI=1S/C9H7NO3/c10-4-7(11)6-1-2-8-9(3-6)13-5-12-8/h1-3H,4-5H2. The summed E-state index contributed by atoms with van der Waals surface area (Å²) in [6, 6.07) is 4.83. The topological polar surface area (TPSA) is 57.8 Å². The molecule has 1 aromatic carbocycles. The third kappa shape index (κ3) is 1.36. The van der Waals surface area contributed by atoms with Crippen LogP contribution >= 0.6 is 0 Å². The number of ether oxygens (including phenoxy) is 2. The molecule has 1 aliphatic heterocycles. The monoisotopic (exact) mass is 177 g/mol. The van der Waals surface area contributed by atoms with Crippen LogP contribution in [0.3, 0.4) is 0 Å². The molecule has 2 rings (SSSR count). The van der Waals surface area contributed by atoms with Crippen molar-refractivity contribution in [3.63, 3.8) is 0 Å². The average molecular weight is 177 g/mol. The molecule has 1 aliphatic rings. The van der Waals surface area contributed by atoms with E-state index in [1.165, 1.54) is 0 Å². The molecule has 0 bridgehead atoms. The number of fused-ring (bicyclic) bond motifs is 1. The molecule has 1 aromatic rings. The highest BCUT2D eigenvalue weighted by molar-refractivity contribution is 5.98. The quantitative estimate of drug-likeness (QED) is 0.623. The van der Waals surface area contributed by atoms with Gasteiger partial charge in [-0.3, -0.25) is 4.79 Å². The normalized spacial score (nSPS) is 13.0. The maximum absolute atomic E-state index is 11.1. The van der Waals surface area contributed by atoms with Gasteiger partial charge in [-0.15, -0.1) is 5.73 Å². The van der Waals surface area contributed by atoms with Crippen molar-refractivity contribution in [2.24, 2.45) is 0 Å². The third-order valence-electron chi connectivity index (χ3n) is 1.84. The molecule has 0 fully saturated rings. The van der Waals surface area contributed by atoms with Crippen LogP contribution in [0.4, 0.5) is 0 Å². The van der Waals surface area contributed by atoms with Gasteiger partial charge in [-0.2, -0.15) is 0 Å². The van der Waals surface area contributed by atoms with Gasteiger partial charge in [0.1, 0.15) is 0 Å². The van der Waals surface area contributed by atoms with Gasteiger partial charge in [-0.05, 0) is 18.2 Å². The first kappa shape index (κ1) is 8.07. The molecule has 1 heterocycles. The van der Waals surface area contributed by atoms with Crippen molar-refractivity contribution in [1.29, 1.82) is 0 Å². The van der Waals surface area contributed by atoms with Crippen molar-refractivity contribution in [3.05, 3.63) is 23.8 Å². The summed E-state index contributed by atoms with van der Waals surface area (Å²) in [7, 11) is 0. The van der Waals surface area contributed by atoms with Crippen LogP contribution in [0.5, 0.6) is 11.5 Å². The SMILES string of the molecule is [N]CC(=O)c1ccc2c(c1)OCO2. The molecule has 0 N–H and O–H groups in total. The largest absolute Gasteiger partial charge is 0.454 e. The molecular weight excluding hydrogens is 170 g/mol. The minimum atomic E-state index is -0.486. The van der Waals surface area contributed by atoms with Gasteiger partial charge < -0.3 is 9.47 Å². The Labute approximate surface area is 75.2 Å². The Kier molecular flexibility index (Phi) is 1.90. The van der Waals surface area contributed by atoms with E-state index in [0.29, 0.717) is 17.1 Å². The Hall–Kier alpha value is -1.55. The second kappa shape index (κ2) is 3.06. The molecule has 0 atom stereocenters. The summed E-state index contributed by atoms with van der Waals surface area (Å²) in [5.74, 6) is 0.868. The molecule has 0 aliphatic carbocycles. The molecule has 4 heteroatoms. The minimum Gasteiger partial charge on any atom is -0.454 e. The summed E-state index contributed by atoms with van der Waals surface area (Å²) < 4.78 is 10.1. The molecule has 13 heavy (non-hydrogen) atoms. The van der Waals surface area contributed by atoms with Gasteiger partial charge in [0.05, 0.1) is 6.54 Å². The fraction of sp³-hybridized carbons (Fsp3) is 0.222. The first-order valence-electron chi connectivity index (χ1n) is 3.85. The number of rotatable bonds is 2. The third-order valence-corrected chi connectivity index (χ3v) is 1.84. The number of benzene rings is 1. The van der Waals surface area contributed by atoms with Crippen molar-refractivity contribution in [3.8, 4) is 11.5 Å². The summed E-state index contributed by atoms with van der Waals surface area (Å²) in [6.45, 7) is -0.300. The molecule has 2 radical (unpaired) electrons. The van der Waals surface area contributed by atoms with Crippen LogP contribution in [0.15, 0.2) is 18.2 Å². The maximum Gasteiger partial charge on any atom is 0.231 e. The van der Waals surface area contributed by atoms with E-state index in [1.807, 2.05) is 0 Å². The van der Waals surface area contributed by atoms with Crippen molar-refractivity contribution in [1.82, 2.24) is 5.73 Å². The van der Waals surface area contributed by atoms with E-state index in [9.17, 15) is 4.79 Å². The molecule has 4 nitrogen and oxygen atoms in total. The van der Waals surface area contributed by atoms with Crippen molar-refractivity contribution in [2.45, 2.75) is 0 Å². The second-order valence-electron chi connectivity index (χ2n) is 2.65. The van der Waals surface area contributed by atoms with Crippen LogP contribution in [0.2, 0.25) is 0 Å². The number of ketones is 1. The van der Waals surface area contributed by atoms with E-state index in [2.05, 4.69) is 0 Å². The zero-order valence-electron chi connectivity index (χ0n) is 6.82. The van der Waals surface area contributed by atoms with Crippen LogP contribution in [-0.2, 0) is 0 Å². The van der Waals surface area contributed by atoms with E-state index >= 15 is 0 Å². The summed E-state index contributed by atoms with van der Waals surface area (Å²) in [6.07, 6.45) is 0. The fourth-order valence-electron chi connectivity index (χ4n) is 1.16. The first-order valence-corrected chi connectivity index (χ1v) is 3.85. The lowest BCUT2D eigenvalue weighted by molar-refractivity contribution is 0.0999. The van der Waals surface area contributed by atoms with Crippen LogP contribution in [0, 0.1) is 0 Å². The van der Waals surface area contributed by atoms with E-state index in [4.69, 9.17) is 15.2 Å². The molecule has 0 saturated heterocycles. The lowest BCUT2D eigenvalue weighted by Crippen LogP contribution is -2.05. The zero-order chi connectivity index (χ0) is 9.26. The van der Waals surface area contributed by atoms with Gasteiger partial charge in [-0.1, -0.05) is 0 Å². The Balaban J connectivity index is 2.36. The summed E-state index contributed by atoms with van der Waals surface area (Å²) in [5, 5.41) is 0. The van der Waals surface area contributed by atoms with Gasteiger partial charge >= 0.3 is 0 Å². The summed E-state index contributed by atoms with van der Waals surface area (Å²) >= 11 is 0. The van der Waals surface area contributed by atoms with E-state index < -0.39 is 6.54 Å². The lowest BCUT2D eigenvalue weighted by Gasteiger charge is -1.98. The fourth-order valence-corrected chi connectivity index (χ4v) is 1.16. The van der Waals surface area contributed by atoms with Crippen molar-refractivity contribution < 1.29 is 14.3 Å². The van der Waals surface area contributed by atoms with Crippen LogP contribution < -0.4 is 15.2 Å². The van der Waals surface area contributed by atoms with E-state index in [0.717, 1.165) is 0 Å². The zero-order valence-corrected chi connectivity index (χ0v) is 6.82. The van der Waals surface area contributed by atoms with Gasteiger partial charge in [0, 0.05) is 5.56 Å². The predicted molar refractivity (Wildman–Crippen MR) is 43.9 cm³/mol. The van der Waals surface area contributed by atoms with Gasteiger partial charge in [-0.25, -0.2) is 0 Å². The first-order chi connectivity index (χ1) is 6.31. The second-order valence-corrected chi connectivity index (χ2v) is 2.65. The number of carbonyl (C=O) groups excluding carboxylic acids is 1. The summed E-state index contributed by atoms with van der Waals surface area (Å²) in [5.41, 5.74) is 9.05. The number of carbonyl (C=O) groups is 1. The predicted octanol–water partition coefficient (Wildman–Crippen LogP) is 0.667. The van der Waals surface area contributed by atoms with Crippen LogP contribution in [0.25, 0.3) is 0 Å². The number of hydrogen-bond donors (Lipinski definition) is 0. The van der Waals surface area contributed by atoms with Gasteiger partial charge in [0.15, 0.2) is 17.3 Å². The highest BCUT2D eigenvalue weighted by Gasteiger charge is 2.15. The molecular formula is C9H7NO3. The molecule has 0 spiro atoms. The Morgan fingerprint density at radius 2 is 2.15 bits per heavy atom. The molecule has 0 unspecified atom stereocenters. The van der Waals surface area contributed by atoms with E-state index in [1.54, 1.807) is 18.2 Å². The van der Waals surface area contributed by atoms with Crippen molar-refractivity contribution >= 4 is 5.78 Å². The van der Waals surface area contributed by atoms with E-state index in [-0.39, 0.29) is 12.6 Å². The Morgan fingerprint density at radius 3 is 2.92 bits per heavy atom. The molecule has 66 valence electrons. The highest BCUT2D eigenvalue weighted by Crippen LogP contribution is 2.32. The number of nitrogens with zero attached hydrogens (tertiary/aromatic N) is 1. The van der Waals surface area contributed by atoms with Crippen molar-refractivity contribution in [2.75, 3.05) is 13.3 Å². The average Bonchev–Trinajstić information content (AvgIpc) is 2.63. The minimum absolute atomic E-state index is 0.187. The Bertz CT molecular complexity index is 349. The van der Waals surface area contributed by atoms with Crippen LogP contribution in [-0.4, -0.2) is 19.1 Å². The number of Topliss-reactive ketones (excluding diaryl/α,β-unsaturated/α-hetero) is 1. The van der Waals surface area contributed by atoms with Crippen LogP contribution in [0.1, 0.15) is 10.4 Å². The van der Waals surface area contributed by atoms with Gasteiger partial charge in [0.2, 0.25) is 6.79 Å². The lowest BCUT2D eigenvalue weighted by atomic mass is 10.1. The molecule has 0 amide bonds. The number of hydrogen-bond acceptors (Lipinski definition) is 3. The molecule has 0 saturated carbocycles. The Morgan fingerprint density at radius 1 is 1.38 bits per heavy atom. The highest BCUT2D eigenvalue weighted by atomic mass is 16.7. The maximum atomic E-state index is 11.1. The summed E-state index contributed by atoms with van der Waals surface area (Å²) in [4.78, 5) is 11.1. The smallest absolute Gasteiger partial charge is 0.231 e. The van der Waals surface area contributed by atoms with Gasteiger partial charge in [0.25, 0.3) is 0 Å².